The van der Waals surface area contributed by atoms with Gasteiger partial charge in [0.25, 0.3) is 0 Å². The van der Waals surface area contributed by atoms with Gasteiger partial charge in [0, 0.05) is 16.5 Å². The third-order valence-electron chi connectivity index (χ3n) is 2.37. The predicted octanol–water partition coefficient (Wildman–Crippen LogP) is 3.18. The summed E-state index contributed by atoms with van der Waals surface area (Å²) in [4.78, 5) is 16.2. The molecule has 6 heteroatoms. The lowest BCUT2D eigenvalue weighted by atomic mass is 10.2. The molecule has 0 aliphatic carbocycles. The maximum Gasteiger partial charge on any atom is 0.338 e. The van der Waals surface area contributed by atoms with Crippen molar-refractivity contribution in [3.63, 3.8) is 0 Å². The van der Waals surface area contributed by atoms with Crippen LogP contribution in [-0.2, 0) is 6.54 Å². The molecule has 2 N–H and O–H groups in total. The summed E-state index contributed by atoms with van der Waals surface area (Å²) < 4.78 is 0. The summed E-state index contributed by atoms with van der Waals surface area (Å²) in [6, 6.07) is 5.43. The molecule has 0 fully saturated rings. The molecule has 1 aromatic heterocycles. The fraction of sp³-hybridized carbons (Fsp3) is 0.167. The molecule has 0 radical (unpaired) electrons. The van der Waals surface area contributed by atoms with Crippen molar-refractivity contribution in [2.24, 2.45) is 0 Å². The molecular weight excluding hydrogens is 268 g/mol. The van der Waals surface area contributed by atoms with Gasteiger partial charge in [-0.1, -0.05) is 6.07 Å². The Morgan fingerprint density at radius 2 is 2.39 bits per heavy atom. The molecule has 0 aliphatic heterocycles. The van der Waals surface area contributed by atoms with Crippen LogP contribution >= 0.6 is 23.1 Å². The number of aromatic nitrogens is 1. The van der Waals surface area contributed by atoms with E-state index in [2.05, 4.69) is 10.3 Å². The van der Waals surface area contributed by atoms with Crippen LogP contribution in [0, 0.1) is 0 Å². The van der Waals surface area contributed by atoms with Gasteiger partial charge in [-0.15, -0.1) is 23.1 Å². The molecule has 0 saturated heterocycles. The van der Waals surface area contributed by atoms with Gasteiger partial charge in [0.2, 0.25) is 0 Å². The van der Waals surface area contributed by atoms with Crippen LogP contribution < -0.4 is 5.32 Å². The number of anilines is 1. The van der Waals surface area contributed by atoms with Gasteiger partial charge in [-0.2, -0.15) is 0 Å². The molecule has 0 bridgehead atoms. The van der Waals surface area contributed by atoms with E-state index in [1.165, 1.54) is 11.8 Å². The summed E-state index contributed by atoms with van der Waals surface area (Å²) in [5.41, 5.74) is 0.950. The Kier molecular flexibility index (Phi) is 4.22. The summed E-state index contributed by atoms with van der Waals surface area (Å²) in [6.07, 6.45) is 3.60. The summed E-state index contributed by atoms with van der Waals surface area (Å²) >= 11 is 2.97. The van der Waals surface area contributed by atoms with Gasteiger partial charge in [0.05, 0.1) is 17.8 Å². The van der Waals surface area contributed by atoms with E-state index in [0.717, 1.165) is 9.90 Å². The first kappa shape index (κ1) is 12.9. The zero-order chi connectivity index (χ0) is 13.0. The molecule has 0 aliphatic rings. The average molecular weight is 280 g/mol. The Morgan fingerprint density at radius 3 is 3.00 bits per heavy atom. The van der Waals surface area contributed by atoms with Gasteiger partial charge in [-0.05, 0) is 18.4 Å². The molecule has 4 nitrogen and oxygen atoms in total. The highest BCUT2D eigenvalue weighted by Crippen LogP contribution is 2.27. The Balaban J connectivity index is 2.24. The normalized spacial score (nSPS) is 10.3. The Labute approximate surface area is 113 Å². The van der Waals surface area contributed by atoms with E-state index >= 15 is 0 Å². The summed E-state index contributed by atoms with van der Waals surface area (Å²) in [5.74, 6) is -0.915. The minimum absolute atomic E-state index is 0.321. The largest absolute Gasteiger partial charge is 0.478 e. The lowest BCUT2D eigenvalue weighted by Gasteiger charge is -2.11. The number of carboxylic acids is 1. The van der Waals surface area contributed by atoms with Crippen molar-refractivity contribution >= 4 is 34.8 Å². The number of thioether (sulfide) groups is 1. The Bertz CT molecular complexity index is 541. The highest BCUT2D eigenvalue weighted by molar-refractivity contribution is 7.98. The van der Waals surface area contributed by atoms with Crippen LogP contribution in [0.3, 0.4) is 0 Å². The van der Waals surface area contributed by atoms with Crippen molar-refractivity contribution in [1.82, 2.24) is 4.98 Å². The summed E-state index contributed by atoms with van der Waals surface area (Å²) in [6.45, 7) is 0.537. The van der Waals surface area contributed by atoms with Crippen molar-refractivity contribution in [3.05, 3.63) is 40.3 Å². The fourth-order valence-electron chi connectivity index (χ4n) is 1.58. The zero-order valence-electron chi connectivity index (χ0n) is 9.71. The van der Waals surface area contributed by atoms with E-state index in [0.29, 0.717) is 17.8 Å². The third kappa shape index (κ3) is 2.83. The van der Waals surface area contributed by atoms with Gasteiger partial charge in [0.15, 0.2) is 0 Å². The molecule has 0 saturated carbocycles. The van der Waals surface area contributed by atoms with E-state index in [-0.39, 0.29) is 0 Å². The van der Waals surface area contributed by atoms with E-state index in [9.17, 15) is 9.90 Å². The number of rotatable bonds is 5. The van der Waals surface area contributed by atoms with Crippen LogP contribution in [0.2, 0.25) is 0 Å². The number of hydrogen-bond donors (Lipinski definition) is 2. The standard InChI is InChI=1S/C12H12N2O2S2/c1-17-9-4-2-3-8(11(9)12(15)16)14-7-10-13-5-6-18-10/h2-6,14H,7H2,1H3,(H,15,16). The van der Waals surface area contributed by atoms with Gasteiger partial charge in [-0.3, -0.25) is 0 Å². The highest BCUT2D eigenvalue weighted by Gasteiger charge is 2.14. The summed E-state index contributed by atoms with van der Waals surface area (Å²) in [7, 11) is 0. The molecule has 94 valence electrons. The second-order valence-corrected chi connectivity index (χ2v) is 5.29. The molecule has 1 heterocycles. The Hall–Kier alpha value is -1.53. The van der Waals surface area contributed by atoms with Crippen molar-refractivity contribution in [2.45, 2.75) is 11.4 Å². The maximum atomic E-state index is 11.3. The van der Waals surface area contributed by atoms with Crippen LogP contribution in [-0.4, -0.2) is 22.3 Å². The average Bonchev–Trinajstić information content (AvgIpc) is 2.88. The van der Waals surface area contributed by atoms with Crippen molar-refractivity contribution < 1.29 is 9.90 Å². The molecule has 2 rings (SSSR count). The fourth-order valence-corrected chi connectivity index (χ4v) is 2.75. The first-order chi connectivity index (χ1) is 8.72. The van der Waals surface area contributed by atoms with E-state index in [4.69, 9.17) is 0 Å². The smallest absolute Gasteiger partial charge is 0.338 e. The third-order valence-corrected chi connectivity index (χ3v) is 3.93. The number of nitrogens with zero attached hydrogens (tertiary/aromatic N) is 1. The molecule has 1 aromatic carbocycles. The number of carbonyl (C=O) groups is 1. The zero-order valence-corrected chi connectivity index (χ0v) is 11.3. The first-order valence-corrected chi connectivity index (χ1v) is 7.35. The van der Waals surface area contributed by atoms with Gasteiger partial charge >= 0.3 is 5.97 Å². The molecule has 0 spiro atoms. The highest BCUT2D eigenvalue weighted by atomic mass is 32.2. The second-order valence-electron chi connectivity index (χ2n) is 3.47. The molecule has 0 atom stereocenters. The minimum Gasteiger partial charge on any atom is -0.478 e. The Morgan fingerprint density at radius 1 is 1.56 bits per heavy atom. The number of thiazole rings is 1. The number of carboxylic acid groups (broad SMARTS) is 1. The first-order valence-electron chi connectivity index (χ1n) is 5.25. The molecule has 18 heavy (non-hydrogen) atoms. The van der Waals surface area contributed by atoms with Crippen LogP contribution in [0.15, 0.2) is 34.7 Å². The van der Waals surface area contributed by atoms with Crippen molar-refractivity contribution in [1.29, 1.82) is 0 Å². The minimum atomic E-state index is -0.915. The van der Waals surface area contributed by atoms with Crippen molar-refractivity contribution in [3.8, 4) is 0 Å². The lowest BCUT2D eigenvalue weighted by molar-refractivity contribution is 0.0694. The maximum absolute atomic E-state index is 11.3. The quantitative estimate of drug-likeness (QED) is 0.824. The molecular formula is C12H12N2O2S2. The molecule has 0 unspecified atom stereocenters. The van der Waals surface area contributed by atoms with Crippen LogP contribution in [0.1, 0.15) is 15.4 Å². The van der Waals surface area contributed by atoms with E-state index < -0.39 is 5.97 Å². The number of aromatic carboxylic acids is 1. The summed E-state index contributed by atoms with van der Waals surface area (Å²) in [5, 5.41) is 15.2. The predicted molar refractivity (Wildman–Crippen MR) is 74.6 cm³/mol. The van der Waals surface area contributed by atoms with Gasteiger partial charge < -0.3 is 10.4 Å². The molecule has 2 aromatic rings. The number of benzene rings is 1. The molecule has 0 amide bonds. The SMILES string of the molecule is CSc1cccc(NCc2nccs2)c1C(=O)O. The van der Waals surface area contributed by atoms with Crippen LogP contribution in [0.4, 0.5) is 5.69 Å². The van der Waals surface area contributed by atoms with E-state index in [1.807, 2.05) is 23.8 Å². The topological polar surface area (TPSA) is 62.2 Å². The van der Waals surface area contributed by atoms with Crippen molar-refractivity contribution in [2.75, 3.05) is 11.6 Å². The van der Waals surface area contributed by atoms with Gasteiger partial charge in [-0.25, -0.2) is 9.78 Å². The number of hydrogen-bond acceptors (Lipinski definition) is 5. The monoisotopic (exact) mass is 280 g/mol. The van der Waals surface area contributed by atoms with E-state index in [1.54, 1.807) is 23.6 Å². The van der Waals surface area contributed by atoms with Crippen LogP contribution in [0.5, 0.6) is 0 Å². The second kappa shape index (κ2) is 5.88. The van der Waals surface area contributed by atoms with Gasteiger partial charge in [0.1, 0.15) is 5.01 Å². The number of nitrogens with one attached hydrogen (secondary N) is 1. The lowest BCUT2D eigenvalue weighted by Crippen LogP contribution is -2.07. The van der Waals surface area contributed by atoms with Crippen LogP contribution in [0.25, 0.3) is 0 Å².